The van der Waals surface area contributed by atoms with E-state index in [-0.39, 0.29) is 24.0 Å². The minimum atomic E-state index is 0. The van der Waals surface area contributed by atoms with Gasteiger partial charge in [-0.25, -0.2) is 4.99 Å². The van der Waals surface area contributed by atoms with Gasteiger partial charge >= 0.3 is 0 Å². The highest BCUT2D eigenvalue weighted by Crippen LogP contribution is 2.28. The Morgan fingerprint density at radius 1 is 1.13 bits per heavy atom. The van der Waals surface area contributed by atoms with Gasteiger partial charge in [0.2, 0.25) is 0 Å². The lowest BCUT2D eigenvalue weighted by Crippen LogP contribution is -2.37. The van der Waals surface area contributed by atoms with Crippen molar-refractivity contribution in [3.05, 3.63) is 23.8 Å². The van der Waals surface area contributed by atoms with E-state index in [0.717, 1.165) is 42.5 Å². The lowest BCUT2D eigenvalue weighted by Gasteiger charge is -2.12. The van der Waals surface area contributed by atoms with Crippen LogP contribution >= 0.6 is 24.0 Å². The van der Waals surface area contributed by atoms with E-state index in [2.05, 4.69) is 29.5 Å². The number of nitrogens with zero attached hydrogens (tertiary/aromatic N) is 1. The second-order valence-corrected chi connectivity index (χ2v) is 4.89. The molecule has 0 heterocycles. The fraction of sp³-hybridized carbons (Fsp3) is 0.588. The van der Waals surface area contributed by atoms with Gasteiger partial charge in [-0.05, 0) is 38.0 Å². The van der Waals surface area contributed by atoms with E-state index in [1.54, 1.807) is 7.11 Å². The lowest BCUT2D eigenvalue weighted by molar-refractivity contribution is 0.310. The van der Waals surface area contributed by atoms with Gasteiger partial charge in [-0.1, -0.05) is 19.4 Å². The second-order valence-electron chi connectivity index (χ2n) is 4.89. The molecular weight excluding hydrogens is 405 g/mol. The fourth-order valence-electron chi connectivity index (χ4n) is 1.98. The zero-order valence-electron chi connectivity index (χ0n) is 14.6. The molecule has 0 fully saturated rings. The molecule has 0 aliphatic heterocycles. The number of benzene rings is 1. The highest BCUT2D eigenvalue weighted by atomic mass is 127. The SMILES string of the molecule is CCCCNC(=NCc1ccc(OC)c(OCC)c1)NCC.I. The van der Waals surface area contributed by atoms with Gasteiger partial charge in [-0.2, -0.15) is 0 Å². The molecule has 5 nitrogen and oxygen atoms in total. The van der Waals surface area contributed by atoms with Gasteiger partial charge in [0, 0.05) is 13.1 Å². The number of hydrogen-bond acceptors (Lipinski definition) is 3. The Balaban J connectivity index is 0.00000484. The number of nitrogens with one attached hydrogen (secondary N) is 2. The lowest BCUT2D eigenvalue weighted by atomic mass is 10.2. The van der Waals surface area contributed by atoms with Crippen LogP contribution in [0.5, 0.6) is 11.5 Å². The zero-order chi connectivity index (χ0) is 16.2. The molecule has 0 saturated carbocycles. The van der Waals surface area contributed by atoms with Gasteiger partial charge in [-0.15, -0.1) is 24.0 Å². The molecule has 1 aromatic rings. The van der Waals surface area contributed by atoms with Gasteiger partial charge in [0.15, 0.2) is 17.5 Å². The van der Waals surface area contributed by atoms with E-state index in [0.29, 0.717) is 13.2 Å². The Labute approximate surface area is 157 Å². The van der Waals surface area contributed by atoms with Crippen molar-refractivity contribution in [3.63, 3.8) is 0 Å². The van der Waals surface area contributed by atoms with Gasteiger partial charge in [-0.3, -0.25) is 0 Å². The van der Waals surface area contributed by atoms with E-state index >= 15 is 0 Å². The molecular formula is C17H30IN3O2. The molecule has 0 saturated heterocycles. The molecule has 0 aliphatic carbocycles. The van der Waals surface area contributed by atoms with Gasteiger partial charge in [0.05, 0.1) is 20.3 Å². The topological polar surface area (TPSA) is 54.9 Å². The molecule has 132 valence electrons. The van der Waals surface area contributed by atoms with Crippen molar-refractivity contribution in [2.24, 2.45) is 4.99 Å². The standard InChI is InChI=1S/C17H29N3O2.HI/c1-5-8-11-19-17(18-6-2)20-13-14-9-10-15(21-4)16(12-14)22-7-3;/h9-10,12H,5-8,11,13H2,1-4H3,(H2,18,19,20);1H. The van der Waals surface area contributed by atoms with Gasteiger partial charge in [0.25, 0.3) is 0 Å². The molecule has 2 N–H and O–H groups in total. The summed E-state index contributed by atoms with van der Waals surface area (Å²) in [7, 11) is 1.65. The molecule has 0 radical (unpaired) electrons. The summed E-state index contributed by atoms with van der Waals surface area (Å²) in [4.78, 5) is 4.61. The zero-order valence-corrected chi connectivity index (χ0v) is 17.0. The summed E-state index contributed by atoms with van der Waals surface area (Å²) < 4.78 is 10.9. The first-order valence-electron chi connectivity index (χ1n) is 8.07. The van der Waals surface area contributed by atoms with Crippen LogP contribution in [0.15, 0.2) is 23.2 Å². The third kappa shape index (κ3) is 8.29. The molecule has 0 aliphatic rings. The summed E-state index contributed by atoms with van der Waals surface area (Å²) in [5.41, 5.74) is 1.09. The number of halogens is 1. The summed E-state index contributed by atoms with van der Waals surface area (Å²) in [6.07, 6.45) is 2.31. The van der Waals surface area contributed by atoms with Crippen molar-refractivity contribution >= 4 is 29.9 Å². The number of rotatable bonds is 9. The summed E-state index contributed by atoms with van der Waals surface area (Å²) >= 11 is 0. The van der Waals surface area contributed by atoms with Crippen molar-refractivity contribution in [2.75, 3.05) is 26.8 Å². The number of methoxy groups -OCH3 is 1. The molecule has 23 heavy (non-hydrogen) atoms. The van der Waals surface area contributed by atoms with Crippen LogP contribution in [0.1, 0.15) is 39.2 Å². The van der Waals surface area contributed by atoms with Crippen molar-refractivity contribution in [3.8, 4) is 11.5 Å². The summed E-state index contributed by atoms with van der Waals surface area (Å²) in [5.74, 6) is 2.37. The normalized spacial score (nSPS) is 10.7. The number of unbranched alkanes of at least 4 members (excludes halogenated alkanes) is 1. The van der Waals surface area contributed by atoms with Gasteiger partial charge in [0.1, 0.15) is 0 Å². The number of aliphatic imine (C=N–C) groups is 1. The molecule has 1 aromatic carbocycles. The van der Waals surface area contributed by atoms with Crippen LogP contribution < -0.4 is 20.1 Å². The first-order valence-corrected chi connectivity index (χ1v) is 8.07. The smallest absolute Gasteiger partial charge is 0.191 e. The third-order valence-electron chi connectivity index (χ3n) is 3.11. The Morgan fingerprint density at radius 3 is 2.52 bits per heavy atom. The molecule has 6 heteroatoms. The van der Waals surface area contributed by atoms with Crippen molar-refractivity contribution in [1.82, 2.24) is 10.6 Å². The van der Waals surface area contributed by atoms with E-state index in [4.69, 9.17) is 9.47 Å². The number of guanidine groups is 1. The monoisotopic (exact) mass is 435 g/mol. The Hall–Kier alpha value is -1.18. The van der Waals surface area contributed by atoms with Crippen molar-refractivity contribution in [1.29, 1.82) is 0 Å². The van der Waals surface area contributed by atoms with E-state index in [9.17, 15) is 0 Å². The maximum atomic E-state index is 5.60. The van der Waals surface area contributed by atoms with E-state index in [1.807, 2.05) is 25.1 Å². The van der Waals surface area contributed by atoms with Crippen LogP contribution in [0.4, 0.5) is 0 Å². The highest BCUT2D eigenvalue weighted by molar-refractivity contribution is 14.0. The van der Waals surface area contributed by atoms with Crippen molar-refractivity contribution < 1.29 is 9.47 Å². The maximum Gasteiger partial charge on any atom is 0.191 e. The predicted molar refractivity (Wildman–Crippen MR) is 107 cm³/mol. The second kappa shape index (κ2) is 13.3. The van der Waals surface area contributed by atoms with E-state index < -0.39 is 0 Å². The molecule has 0 aromatic heterocycles. The molecule has 0 amide bonds. The Kier molecular flexibility index (Phi) is 12.6. The summed E-state index contributed by atoms with van der Waals surface area (Å²) in [6.45, 7) is 9.22. The predicted octanol–water partition coefficient (Wildman–Crippen LogP) is 3.57. The van der Waals surface area contributed by atoms with Crippen LogP contribution in [0.25, 0.3) is 0 Å². The molecule has 0 spiro atoms. The molecule has 0 atom stereocenters. The molecule has 0 bridgehead atoms. The van der Waals surface area contributed by atoms with Crippen LogP contribution in [-0.4, -0.2) is 32.8 Å². The van der Waals surface area contributed by atoms with Crippen LogP contribution in [0, 0.1) is 0 Å². The molecule has 1 rings (SSSR count). The minimum absolute atomic E-state index is 0. The van der Waals surface area contributed by atoms with Crippen LogP contribution in [-0.2, 0) is 6.54 Å². The largest absolute Gasteiger partial charge is 0.493 e. The summed E-state index contributed by atoms with van der Waals surface area (Å²) in [5, 5.41) is 6.59. The average Bonchev–Trinajstić information content (AvgIpc) is 2.53. The Bertz CT molecular complexity index is 467. The van der Waals surface area contributed by atoms with Gasteiger partial charge < -0.3 is 20.1 Å². The van der Waals surface area contributed by atoms with Crippen LogP contribution in [0.2, 0.25) is 0 Å². The van der Waals surface area contributed by atoms with E-state index in [1.165, 1.54) is 6.42 Å². The molecule has 0 unspecified atom stereocenters. The van der Waals surface area contributed by atoms with Crippen LogP contribution in [0.3, 0.4) is 0 Å². The number of hydrogen-bond donors (Lipinski definition) is 2. The third-order valence-corrected chi connectivity index (χ3v) is 3.11. The average molecular weight is 435 g/mol. The quantitative estimate of drug-likeness (QED) is 0.270. The highest BCUT2D eigenvalue weighted by Gasteiger charge is 2.05. The number of ether oxygens (including phenoxy) is 2. The first-order chi connectivity index (χ1) is 10.7. The first kappa shape index (κ1) is 21.8. The summed E-state index contributed by atoms with van der Waals surface area (Å²) in [6, 6.07) is 5.93. The van der Waals surface area contributed by atoms with Crippen molar-refractivity contribution in [2.45, 2.75) is 40.2 Å². The fourth-order valence-corrected chi connectivity index (χ4v) is 1.98. The minimum Gasteiger partial charge on any atom is -0.493 e. The maximum absolute atomic E-state index is 5.60. The Morgan fingerprint density at radius 2 is 1.91 bits per heavy atom.